The third-order valence-electron chi connectivity index (χ3n) is 1.99. The summed E-state index contributed by atoms with van der Waals surface area (Å²) in [5, 5.41) is -0.332. The number of hydrogen-bond acceptors (Lipinski definition) is 4. The molecule has 17 heavy (non-hydrogen) atoms. The van der Waals surface area contributed by atoms with Crippen molar-refractivity contribution in [2.45, 2.75) is 0 Å². The fraction of sp³-hybridized carbons (Fsp3) is 0.0909. The van der Waals surface area contributed by atoms with Gasteiger partial charge in [-0.15, -0.1) is 17.8 Å². The number of carbonyl (C=O) groups is 2. The zero-order chi connectivity index (χ0) is 12.4. The molecule has 1 aliphatic heterocycles. The van der Waals surface area contributed by atoms with Crippen LogP contribution >= 0.6 is 34.7 Å². The molecule has 1 aromatic rings. The molecule has 1 fully saturated rings. The van der Waals surface area contributed by atoms with Crippen LogP contribution in [0.2, 0.25) is 4.34 Å². The van der Waals surface area contributed by atoms with Crippen molar-refractivity contribution in [1.82, 2.24) is 4.90 Å². The highest BCUT2D eigenvalue weighted by molar-refractivity contribution is 8.18. The SMILES string of the molecule is C#CCN1C(=O)SC(=Cc2ccc(Cl)s2)C1=O. The second-order valence-electron chi connectivity index (χ2n) is 3.11. The van der Waals surface area contributed by atoms with Gasteiger partial charge in [-0.05, 0) is 30.0 Å². The molecule has 0 aliphatic carbocycles. The van der Waals surface area contributed by atoms with Crippen molar-refractivity contribution in [2.75, 3.05) is 6.54 Å². The summed E-state index contributed by atoms with van der Waals surface area (Å²) in [6.07, 6.45) is 6.74. The largest absolute Gasteiger partial charge is 0.294 e. The van der Waals surface area contributed by atoms with Gasteiger partial charge in [-0.3, -0.25) is 14.5 Å². The fourth-order valence-corrected chi connectivity index (χ4v) is 3.17. The highest BCUT2D eigenvalue weighted by Crippen LogP contribution is 2.33. The van der Waals surface area contributed by atoms with Crippen LogP contribution in [0, 0.1) is 12.3 Å². The van der Waals surface area contributed by atoms with E-state index in [9.17, 15) is 9.59 Å². The first-order valence-electron chi connectivity index (χ1n) is 4.56. The van der Waals surface area contributed by atoms with Crippen LogP contribution in [0.3, 0.4) is 0 Å². The number of rotatable bonds is 2. The quantitative estimate of drug-likeness (QED) is 0.618. The van der Waals surface area contributed by atoms with Crippen LogP contribution < -0.4 is 0 Å². The molecule has 1 aromatic heterocycles. The van der Waals surface area contributed by atoms with E-state index in [1.54, 1.807) is 18.2 Å². The molecule has 0 unspecified atom stereocenters. The average molecular weight is 284 g/mol. The molecule has 1 saturated heterocycles. The van der Waals surface area contributed by atoms with Gasteiger partial charge in [0.1, 0.15) is 0 Å². The third-order valence-corrected chi connectivity index (χ3v) is 4.08. The Balaban J connectivity index is 2.25. The van der Waals surface area contributed by atoms with Gasteiger partial charge in [-0.2, -0.15) is 0 Å². The van der Waals surface area contributed by atoms with Crippen LogP contribution in [0.25, 0.3) is 6.08 Å². The number of thioether (sulfide) groups is 1. The number of terminal acetylenes is 1. The number of nitrogens with zero attached hydrogens (tertiary/aromatic N) is 1. The molecule has 0 atom stereocenters. The summed E-state index contributed by atoms with van der Waals surface area (Å²) in [4.78, 5) is 25.6. The Morgan fingerprint density at radius 3 is 2.82 bits per heavy atom. The van der Waals surface area contributed by atoms with Crippen molar-refractivity contribution in [1.29, 1.82) is 0 Å². The van der Waals surface area contributed by atoms with Crippen LogP contribution in [0.1, 0.15) is 4.88 Å². The summed E-state index contributed by atoms with van der Waals surface area (Å²) in [5.41, 5.74) is 0. The van der Waals surface area contributed by atoms with E-state index in [1.807, 2.05) is 0 Å². The molecular weight excluding hydrogens is 278 g/mol. The fourth-order valence-electron chi connectivity index (χ4n) is 1.26. The summed E-state index contributed by atoms with van der Waals surface area (Å²) in [5.74, 6) is 1.94. The normalized spacial score (nSPS) is 17.9. The maximum Gasteiger partial charge on any atom is 0.294 e. The third kappa shape index (κ3) is 2.55. The number of carbonyl (C=O) groups excluding carboxylic acids is 2. The first kappa shape index (κ1) is 12.2. The van der Waals surface area contributed by atoms with E-state index in [0.717, 1.165) is 21.5 Å². The average Bonchev–Trinajstić information content (AvgIpc) is 2.79. The van der Waals surface area contributed by atoms with Gasteiger partial charge >= 0.3 is 0 Å². The van der Waals surface area contributed by atoms with E-state index in [4.69, 9.17) is 18.0 Å². The Morgan fingerprint density at radius 1 is 1.47 bits per heavy atom. The molecule has 1 aliphatic rings. The molecule has 2 heterocycles. The molecule has 0 saturated carbocycles. The molecule has 86 valence electrons. The minimum absolute atomic E-state index is 0.00715. The van der Waals surface area contributed by atoms with Gasteiger partial charge in [-0.25, -0.2) is 0 Å². The van der Waals surface area contributed by atoms with Gasteiger partial charge in [0.15, 0.2) is 0 Å². The molecule has 2 rings (SSSR count). The van der Waals surface area contributed by atoms with E-state index < -0.39 is 0 Å². The van der Waals surface area contributed by atoms with Crippen LogP contribution in [0.5, 0.6) is 0 Å². The van der Waals surface area contributed by atoms with Crippen LogP contribution in [-0.4, -0.2) is 22.6 Å². The first-order chi connectivity index (χ1) is 8.11. The summed E-state index contributed by atoms with van der Waals surface area (Å²) in [6.45, 7) is 0.00715. The van der Waals surface area contributed by atoms with Gasteiger partial charge in [-0.1, -0.05) is 17.5 Å². The molecule has 0 bridgehead atoms. The van der Waals surface area contributed by atoms with Gasteiger partial charge in [0.25, 0.3) is 11.1 Å². The van der Waals surface area contributed by atoms with Crippen molar-refractivity contribution in [3.05, 3.63) is 26.3 Å². The molecule has 0 radical (unpaired) electrons. The summed E-state index contributed by atoms with van der Waals surface area (Å²) in [6, 6.07) is 3.53. The molecule has 0 N–H and O–H groups in total. The first-order valence-corrected chi connectivity index (χ1v) is 6.57. The zero-order valence-corrected chi connectivity index (χ0v) is 10.9. The molecule has 0 spiro atoms. The number of hydrogen-bond donors (Lipinski definition) is 0. The van der Waals surface area contributed by atoms with E-state index in [1.165, 1.54) is 11.3 Å². The van der Waals surface area contributed by atoms with Gasteiger partial charge in [0.05, 0.1) is 15.8 Å². The number of thiophene rings is 1. The lowest BCUT2D eigenvalue weighted by Crippen LogP contribution is -2.28. The monoisotopic (exact) mass is 283 g/mol. The van der Waals surface area contributed by atoms with E-state index >= 15 is 0 Å². The van der Waals surface area contributed by atoms with E-state index in [-0.39, 0.29) is 17.7 Å². The maximum absolute atomic E-state index is 11.8. The van der Waals surface area contributed by atoms with Gasteiger partial charge < -0.3 is 0 Å². The lowest BCUT2D eigenvalue weighted by Gasteiger charge is -2.06. The second-order valence-corrected chi connectivity index (χ2v) is 5.85. The highest BCUT2D eigenvalue weighted by atomic mass is 35.5. The summed E-state index contributed by atoms with van der Waals surface area (Å²) >= 11 is 8.02. The predicted molar refractivity (Wildman–Crippen MR) is 70.8 cm³/mol. The molecule has 2 amide bonds. The molecule has 6 heteroatoms. The van der Waals surface area contributed by atoms with Crippen molar-refractivity contribution in [2.24, 2.45) is 0 Å². The maximum atomic E-state index is 11.8. The van der Waals surface area contributed by atoms with Gasteiger partial charge in [0, 0.05) is 4.88 Å². The topological polar surface area (TPSA) is 37.4 Å². The Labute approximate surface area is 111 Å². The Morgan fingerprint density at radius 2 is 2.24 bits per heavy atom. The van der Waals surface area contributed by atoms with Crippen molar-refractivity contribution < 1.29 is 9.59 Å². The highest BCUT2D eigenvalue weighted by Gasteiger charge is 2.34. The number of imide groups is 1. The number of amides is 2. The van der Waals surface area contributed by atoms with Crippen molar-refractivity contribution >= 4 is 51.9 Å². The minimum atomic E-state index is -0.345. The van der Waals surface area contributed by atoms with E-state index in [0.29, 0.717) is 9.24 Å². The standard InChI is InChI=1S/C11H6ClNO2S2/c1-2-5-13-10(14)8(17-11(13)15)6-7-3-4-9(12)16-7/h1,3-4,6H,5H2. The van der Waals surface area contributed by atoms with Crippen molar-refractivity contribution in [3.63, 3.8) is 0 Å². The predicted octanol–water partition coefficient (Wildman–Crippen LogP) is 3.07. The lowest BCUT2D eigenvalue weighted by molar-refractivity contribution is -0.122. The Hall–Kier alpha value is -1.22. The van der Waals surface area contributed by atoms with E-state index in [2.05, 4.69) is 5.92 Å². The molecule has 3 nitrogen and oxygen atoms in total. The smallest absolute Gasteiger partial charge is 0.268 e. The second kappa shape index (κ2) is 4.96. The van der Waals surface area contributed by atoms with Crippen LogP contribution in [0.15, 0.2) is 17.0 Å². The molecular formula is C11H6ClNO2S2. The van der Waals surface area contributed by atoms with Crippen LogP contribution in [-0.2, 0) is 4.79 Å². The summed E-state index contributed by atoms with van der Waals surface area (Å²) in [7, 11) is 0. The Kier molecular flexibility index (Phi) is 3.57. The lowest BCUT2D eigenvalue weighted by atomic mass is 10.4. The van der Waals surface area contributed by atoms with Crippen molar-refractivity contribution in [3.8, 4) is 12.3 Å². The Bertz CT molecular complexity index is 556. The van der Waals surface area contributed by atoms with Crippen LogP contribution in [0.4, 0.5) is 4.79 Å². The zero-order valence-electron chi connectivity index (χ0n) is 8.47. The molecule has 0 aromatic carbocycles. The number of halogens is 1. The van der Waals surface area contributed by atoms with Gasteiger partial charge in [0.2, 0.25) is 0 Å². The summed E-state index contributed by atoms with van der Waals surface area (Å²) < 4.78 is 0.638. The minimum Gasteiger partial charge on any atom is -0.268 e.